The van der Waals surface area contributed by atoms with Crippen molar-refractivity contribution >= 4 is 0 Å². The van der Waals surface area contributed by atoms with E-state index in [1.807, 2.05) is 12.3 Å². The lowest BCUT2D eigenvalue weighted by molar-refractivity contribution is 0.172. The zero-order chi connectivity index (χ0) is 13.7. The number of aromatic nitrogens is 1. The SMILES string of the molecule is Cc1cccnc1CN1CCC(CNC(C)C)CC1. The van der Waals surface area contributed by atoms with Gasteiger partial charge in [0.1, 0.15) is 0 Å². The van der Waals surface area contributed by atoms with Crippen LogP contribution in [0.2, 0.25) is 0 Å². The van der Waals surface area contributed by atoms with Gasteiger partial charge in [-0.05, 0) is 56.9 Å². The summed E-state index contributed by atoms with van der Waals surface area (Å²) in [6.07, 6.45) is 4.53. The highest BCUT2D eigenvalue weighted by Gasteiger charge is 2.19. The Balaban J connectivity index is 1.76. The van der Waals surface area contributed by atoms with Gasteiger partial charge >= 0.3 is 0 Å². The van der Waals surface area contributed by atoms with Crippen LogP contribution < -0.4 is 5.32 Å². The fourth-order valence-corrected chi connectivity index (χ4v) is 2.65. The number of nitrogens with one attached hydrogen (secondary N) is 1. The summed E-state index contributed by atoms with van der Waals surface area (Å²) in [6.45, 7) is 11.2. The minimum Gasteiger partial charge on any atom is -0.314 e. The molecular weight excluding hydrogens is 234 g/mol. The molecule has 0 radical (unpaired) electrons. The summed E-state index contributed by atoms with van der Waals surface area (Å²) < 4.78 is 0. The number of hydrogen-bond donors (Lipinski definition) is 1. The number of aryl methyl sites for hydroxylation is 1. The highest BCUT2D eigenvalue weighted by atomic mass is 15.1. The Kier molecular flexibility index (Phi) is 5.34. The van der Waals surface area contributed by atoms with Gasteiger partial charge in [-0.1, -0.05) is 19.9 Å². The maximum absolute atomic E-state index is 4.50. The van der Waals surface area contributed by atoms with Gasteiger partial charge in [-0.25, -0.2) is 0 Å². The van der Waals surface area contributed by atoms with Crippen molar-refractivity contribution in [3.63, 3.8) is 0 Å². The third-order valence-corrected chi connectivity index (χ3v) is 4.01. The van der Waals surface area contributed by atoms with Gasteiger partial charge in [0.05, 0.1) is 5.69 Å². The van der Waals surface area contributed by atoms with Crippen molar-refractivity contribution < 1.29 is 0 Å². The number of likely N-dealkylation sites (tertiary alicyclic amines) is 1. The quantitative estimate of drug-likeness (QED) is 0.883. The molecular formula is C16H27N3. The van der Waals surface area contributed by atoms with Crippen molar-refractivity contribution in [1.82, 2.24) is 15.2 Å². The Morgan fingerprint density at radius 3 is 2.74 bits per heavy atom. The Morgan fingerprint density at radius 2 is 2.11 bits per heavy atom. The number of piperidine rings is 1. The normalized spacial score (nSPS) is 18.1. The molecule has 0 amide bonds. The lowest BCUT2D eigenvalue weighted by atomic mass is 9.96. The van der Waals surface area contributed by atoms with Crippen molar-refractivity contribution in [3.8, 4) is 0 Å². The number of hydrogen-bond acceptors (Lipinski definition) is 3. The topological polar surface area (TPSA) is 28.2 Å². The van der Waals surface area contributed by atoms with E-state index in [0.717, 1.165) is 12.5 Å². The second-order valence-electron chi connectivity index (χ2n) is 6.05. The second-order valence-corrected chi connectivity index (χ2v) is 6.05. The summed E-state index contributed by atoms with van der Waals surface area (Å²) in [7, 11) is 0. The average Bonchev–Trinajstić information content (AvgIpc) is 2.40. The molecule has 2 heterocycles. The minimum atomic E-state index is 0.606. The van der Waals surface area contributed by atoms with Crippen LogP contribution in [0, 0.1) is 12.8 Å². The molecule has 3 heteroatoms. The molecule has 0 aromatic carbocycles. The van der Waals surface area contributed by atoms with Gasteiger partial charge in [0.2, 0.25) is 0 Å². The minimum absolute atomic E-state index is 0.606. The lowest BCUT2D eigenvalue weighted by Crippen LogP contribution is -2.38. The highest BCUT2D eigenvalue weighted by molar-refractivity contribution is 5.17. The van der Waals surface area contributed by atoms with Gasteiger partial charge in [-0.2, -0.15) is 0 Å². The number of nitrogens with zero attached hydrogens (tertiary/aromatic N) is 2. The Hall–Kier alpha value is -0.930. The summed E-state index contributed by atoms with van der Waals surface area (Å²) >= 11 is 0. The molecule has 1 N–H and O–H groups in total. The van der Waals surface area contributed by atoms with E-state index < -0.39 is 0 Å². The zero-order valence-electron chi connectivity index (χ0n) is 12.5. The van der Waals surface area contributed by atoms with Gasteiger partial charge in [-0.15, -0.1) is 0 Å². The molecule has 1 aromatic heterocycles. The first-order valence-electron chi connectivity index (χ1n) is 7.51. The molecule has 106 valence electrons. The van der Waals surface area contributed by atoms with E-state index in [1.54, 1.807) is 0 Å². The molecule has 0 aliphatic carbocycles. The first-order chi connectivity index (χ1) is 9.15. The summed E-state index contributed by atoms with van der Waals surface area (Å²) in [4.78, 5) is 7.04. The van der Waals surface area contributed by atoms with Crippen molar-refractivity contribution in [3.05, 3.63) is 29.6 Å². The van der Waals surface area contributed by atoms with Gasteiger partial charge in [0.25, 0.3) is 0 Å². The average molecular weight is 261 g/mol. The molecule has 2 rings (SSSR count). The summed E-state index contributed by atoms with van der Waals surface area (Å²) in [5.74, 6) is 0.850. The van der Waals surface area contributed by atoms with E-state index in [4.69, 9.17) is 0 Å². The summed E-state index contributed by atoms with van der Waals surface area (Å²) in [6, 6.07) is 4.78. The predicted octanol–water partition coefficient (Wildman–Crippen LogP) is 2.60. The van der Waals surface area contributed by atoms with Crippen LogP contribution in [-0.4, -0.2) is 35.6 Å². The van der Waals surface area contributed by atoms with Gasteiger partial charge in [0, 0.05) is 18.8 Å². The number of rotatable bonds is 5. The van der Waals surface area contributed by atoms with Crippen LogP contribution in [0.1, 0.15) is 37.9 Å². The van der Waals surface area contributed by atoms with Crippen molar-refractivity contribution in [2.24, 2.45) is 5.92 Å². The van der Waals surface area contributed by atoms with Crippen LogP contribution in [0.3, 0.4) is 0 Å². The molecule has 1 fully saturated rings. The van der Waals surface area contributed by atoms with Crippen molar-refractivity contribution in [1.29, 1.82) is 0 Å². The maximum atomic E-state index is 4.50. The first kappa shape index (κ1) is 14.5. The molecule has 0 saturated carbocycles. The third-order valence-electron chi connectivity index (χ3n) is 4.01. The maximum Gasteiger partial charge on any atom is 0.0573 e. The molecule has 1 aliphatic heterocycles. The summed E-state index contributed by atoms with van der Waals surface area (Å²) in [5, 5.41) is 3.56. The van der Waals surface area contributed by atoms with Crippen LogP contribution in [-0.2, 0) is 6.54 Å². The first-order valence-corrected chi connectivity index (χ1v) is 7.51. The molecule has 0 spiro atoms. The highest BCUT2D eigenvalue weighted by Crippen LogP contribution is 2.18. The van der Waals surface area contributed by atoms with Gasteiger partial charge < -0.3 is 5.32 Å². The molecule has 1 aromatic rings. The molecule has 1 aliphatic rings. The van der Waals surface area contributed by atoms with Crippen LogP contribution >= 0.6 is 0 Å². The molecule has 0 unspecified atom stereocenters. The third kappa shape index (κ3) is 4.59. The largest absolute Gasteiger partial charge is 0.314 e. The van der Waals surface area contributed by atoms with E-state index in [9.17, 15) is 0 Å². The van der Waals surface area contributed by atoms with E-state index >= 15 is 0 Å². The van der Waals surface area contributed by atoms with Gasteiger partial charge in [0.15, 0.2) is 0 Å². The van der Waals surface area contributed by atoms with Crippen molar-refractivity contribution in [2.75, 3.05) is 19.6 Å². The van der Waals surface area contributed by atoms with Crippen LogP contribution in [0.4, 0.5) is 0 Å². The predicted molar refractivity (Wildman–Crippen MR) is 80.1 cm³/mol. The standard InChI is InChI=1S/C16H27N3/c1-13(2)18-11-15-6-9-19(10-7-15)12-16-14(3)5-4-8-17-16/h4-5,8,13,15,18H,6-7,9-12H2,1-3H3. The Morgan fingerprint density at radius 1 is 1.37 bits per heavy atom. The van der Waals surface area contributed by atoms with Crippen LogP contribution in [0.15, 0.2) is 18.3 Å². The summed E-state index contributed by atoms with van der Waals surface area (Å²) in [5.41, 5.74) is 2.55. The van der Waals surface area contributed by atoms with Crippen LogP contribution in [0.25, 0.3) is 0 Å². The molecule has 19 heavy (non-hydrogen) atoms. The monoisotopic (exact) mass is 261 g/mol. The van der Waals surface area contributed by atoms with E-state index in [2.05, 4.69) is 42.0 Å². The smallest absolute Gasteiger partial charge is 0.0573 e. The Bertz CT molecular complexity index is 381. The molecule has 1 saturated heterocycles. The lowest BCUT2D eigenvalue weighted by Gasteiger charge is -2.32. The van der Waals surface area contributed by atoms with E-state index in [-0.39, 0.29) is 0 Å². The van der Waals surface area contributed by atoms with E-state index in [0.29, 0.717) is 6.04 Å². The van der Waals surface area contributed by atoms with Gasteiger partial charge in [-0.3, -0.25) is 9.88 Å². The number of pyridine rings is 1. The van der Waals surface area contributed by atoms with Crippen LogP contribution in [0.5, 0.6) is 0 Å². The molecule has 0 bridgehead atoms. The zero-order valence-corrected chi connectivity index (χ0v) is 12.5. The molecule has 0 atom stereocenters. The van der Waals surface area contributed by atoms with E-state index in [1.165, 1.54) is 43.7 Å². The fourth-order valence-electron chi connectivity index (χ4n) is 2.65. The molecule has 3 nitrogen and oxygen atoms in total. The Labute approximate surface area is 117 Å². The fraction of sp³-hybridized carbons (Fsp3) is 0.688. The second kappa shape index (κ2) is 7.01. The van der Waals surface area contributed by atoms with Crippen molar-refractivity contribution in [2.45, 2.75) is 46.2 Å².